The molecule has 0 saturated carbocycles. The van der Waals surface area contributed by atoms with Gasteiger partial charge in [0.15, 0.2) is 11.5 Å². The van der Waals surface area contributed by atoms with Crippen molar-refractivity contribution in [3.8, 4) is 11.5 Å². The van der Waals surface area contributed by atoms with Crippen LogP contribution in [0.25, 0.3) is 0 Å². The fourth-order valence-corrected chi connectivity index (χ4v) is 1.51. The van der Waals surface area contributed by atoms with Gasteiger partial charge >= 0.3 is 0 Å². The monoisotopic (exact) mass is 335 g/mol. The number of benzene rings is 1. The van der Waals surface area contributed by atoms with Crippen LogP contribution in [0.3, 0.4) is 0 Å². The summed E-state index contributed by atoms with van der Waals surface area (Å²) in [5.41, 5.74) is 6.34. The number of nitrogens with two attached hydrogens (primary N) is 1. The highest BCUT2D eigenvalue weighted by Gasteiger charge is 2.03. The van der Waals surface area contributed by atoms with Crippen molar-refractivity contribution >= 4 is 15.8 Å². The van der Waals surface area contributed by atoms with Crippen LogP contribution in [0, 0.1) is 0 Å². The maximum Gasteiger partial charge on any atom is 0.261 e. The summed E-state index contributed by atoms with van der Waals surface area (Å²) in [5, 5.41) is 0. The largest absolute Gasteiger partial charge is 0.493 e. The highest BCUT2D eigenvalue weighted by Crippen LogP contribution is 2.29. The topological polar surface area (TPSA) is 108 Å². The molecule has 0 unspecified atom stereocenters. The molecule has 1 rings (SSSR count). The van der Waals surface area contributed by atoms with Crippen molar-refractivity contribution < 1.29 is 27.2 Å². The Kier molecular flexibility index (Phi) is 10.3. The summed E-state index contributed by atoms with van der Waals surface area (Å²) in [6.07, 6.45) is 3.90. The third-order valence-electron chi connectivity index (χ3n) is 2.44. The molecule has 128 valence electrons. The van der Waals surface area contributed by atoms with Gasteiger partial charge in [0.25, 0.3) is 10.1 Å². The van der Waals surface area contributed by atoms with Crippen LogP contribution in [-0.2, 0) is 14.9 Å². The van der Waals surface area contributed by atoms with Gasteiger partial charge in [-0.3, -0.25) is 4.55 Å². The molecule has 0 aliphatic heterocycles. The van der Waals surface area contributed by atoms with Gasteiger partial charge in [0.05, 0.1) is 20.0 Å². The Labute approximate surface area is 132 Å². The van der Waals surface area contributed by atoms with Crippen molar-refractivity contribution in [2.45, 2.75) is 19.3 Å². The van der Waals surface area contributed by atoms with Crippen molar-refractivity contribution in [3.63, 3.8) is 0 Å². The molecule has 0 aliphatic rings. The van der Waals surface area contributed by atoms with Gasteiger partial charge < -0.3 is 19.9 Å². The fourth-order valence-electron chi connectivity index (χ4n) is 1.51. The molecule has 0 radical (unpaired) electrons. The van der Waals surface area contributed by atoms with Crippen molar-refractivity contribution in [2.24, 2.45) is 0 Å². The second-order valence-electron chi connectivity index (χ2n) is 4.55. The zero-order chi connectivity index (χ0) is 17.0. The Hall–Kier alpha value is -1.51. The van der Waals surface area contributed by atoms with E-state index < -0.39 is 10.1 Å². The first-order chi connectivity index (χ1) is 10.3. The molecule has 0 fully saturated rings. The van der Waals surface area contributed by atoms with E-state index >= 15 is 0 Å². The Morgan fingerprint density at radius 2 is 1.68 bits per heavy atom. The normalized spacial score (nSPS) is 10.5. The molecule has 0 aromatic heterocycles. The average Bonchev–Trinajstić information content (AvgIpc) is 2.42. The van der Waals surface area contributed by atoms with Gasteiger partial charge in [0.1, 0.15) is 0 Å². The predicted octanol–water partition coefficient (Wildman–Crippen LogP) is 1.98. The molecule has 0 aliphatic carbocycles. The second kappa shape index (κ2) is 11.1. The minimum absolute atomic E-state index is 0.675. The van der Waals surface area contributed by atoms with E-state index in [1.807, 2.05) is 12.1 Å². The molecule has 7 nitrogen and oxygen atoms in total. The first-order valence-corrected chi connectivity index (χ1v) is 8.60. The van der Waals surface area contributed by atoms with Crippen LogP contribution in [0.1, 0.15) is 19.3 Å². The summed E-state index contributed by atoms with van der Waals surface area (Å²) in [5.74, 6) is 1.43. The third kappa shape index (κ3) is 12.2. The van der Waals surface area contributed by atoms with E-state index in [2.05, 4.69) is 0 Å². The summed E-state index contributed by atoms with van der Waals surface area (Å²) in [6, 6.07) is 5.41. The lowest BCUT2D eigenvalue weighted by Gasteiger charge is -2.11. The lowest BCUT2D eigenvalue weighted by Crippen LogP contribution is -2.00. The second-order valence-corrected chi connectivity index (χ2v) is 6.01. The molecular weight excluding hydrogens is 310 g/mol. The van der Waals surface area contributed by atoms with Gasteiger partial charge in [-0.2, -0.15) is 8.42 Å². The molecule has 1 aromatic carbocycles. The number of hydrogen-bond donors (Lipinski definition) is 2. The summed E-state index contributed by atoms with van der Waals surface area (Å²) in [4.78, 5) is 0. The van der Waals surface area contributed by atoms with Gasteiger partial charge in [0, 0.05) is 25.5 Å². The molecule has 0 amide bonds. The molecule has 1 aromatic rings. The molecule has 0 heterocycles. The van der Waals surface area contributed by atoms with E-state index in [0.29, 0.717) is 24.3 Å². The van der Waals surface area contributed by atoms with E-state index in [1.165, 1.54) is 0 Å². The SMILES string of the molecule is COCCCCCOc1ccc(N)cc1OC.CS(=O)(=O)O. The first-order valence-electron chi connectivity index (χ1n) is 6.75. The number of methoxy groups -OCH3 is 2. The maximum absolute atomic E-state index is 9.19. The van der Waals surface area contributed by atoms with Crippen LogP contribution in [0.15, 0.2) is 18.2 Å². The Balaban J connectivity index is 0.000000763. The highest BCUT2D eigenvalue weighted by atomic mass is 32.2. The molecule has 0 atom stereocenters. The quantitative estimate of drug-likeness (QED) is 0.425. The van der Waals surface area contributed by atoms with Crippen LogP contribution in [0.5, 0.6) is 11.5 Å². The fraction of sp³-hybridized carbons (Fsp3) is 0.571. The number of ether oxygens (including phenoxy) is 3. The molecule has 0 spiro atoms. The maximum atomic E-state index is 9.19. The summed E-state index contributed by atoms with van der Waals surface area (Å²) < 4.78 is 41.7. The van der Waals surface area contributed by atoms with Gasteiger partial charge in [-0.1, -0.05) is 0 Å². The lowest BCUT2D eigenvalue weighted by molar-refractivity contribution is 0.189. The predicted molar refractivity (Wildman–Crippen MR) is 86.1 cm³/mol. The summed E-state index contributed by atoms with van der Waals surface area (Å²) in [6.45, 7) is 1.50. The number of unbranched alkanes of at least 4 members (excludes halogenated alkanes) is 2. The zero-order valence-corrected chi connectivity index (χ0v) is 14.1. The molecule has 0 bridgehead atoms. The number of rotatable bonds is 8. The Morgan fingerprint density at radius 3 is 2.23 bits per heavy atom. The highest BCUT2D eigenvalue weighted by molar-refractivity contribution is 7.85. The Morgan fingerprint density at radius 1 is 1.09 bits per heavy atom. The van der Waals surface area contributed by atoms with Crippen LogP contribution in [0.2, 0.25) is 0 Å². The number of anilines is 1. The number of nitrogen functional groups attached to an aromatic ring is 1. The minimum atomic E-state index is -3.67. The molecule has 0 saturated heterocycles. The number of hydrogen-bond acceptors (Lipinski definition) is 6. The van der Waals surface area contributed by atoms with E-state index in [0.717, 1.165) is 31.6 Å². The lowest BCUT2D eigenvalue weighted by atomic mass is 10.2. The van der Waals surface area contributed by atoms with E-state index in [-0.39, 0.29) is 0 Å². The zero-order valence-electron chi connectivity index (χ0n) is 13.2. The molecule has 22 heavy (non-hydrogen) atoms. The standard InChI is InChI=1S/C13H21NO3.CH4O3S/c1-15-8-4-3-5-9-17-12-7-6-11(14)10-13(12)16-2;1-5(2,3)4/h6-7,10H,3-5,8-9,14H2,1-2H3;1H3,(H,2,3,4). The van der Waals surface area contributed by atoms with Crippen LogP contribution in [0.4, 0.5) is 5.69 Å². The van der Waals surface area contributed by atoms with Crippen LogP contribution in [-0.4, -0.2) is 46.7 Å². The first kappa shape index (κ1) is 20.5. The summed E-state index contributed by atoms with van der Waals surface area (Å²) >= 11 is 0. The molecular formula is C14H25NO6S. The van der Waals surface area contributed by atoms with E-state index in [1.54, 1.807) is 20.3 Å². The smallest absolute Gasteiger partial charge is 0.261 e. The van der Waals surface area contributed by atoms with Gasteiger partial charge in [-0.25, -0.2) is 0 Å². The summed E-state index contributed by atoms with van der Waals surface area (Å²) in [7, 11) is -0.337. The van der Waals surface area contributed by atoms with Crippen LogP contribution >= 0.6 is 0 Å². The van der Waals surface area contributed by atoms with Crippen molar-refractivity contribution in [1.29, 1.82) is 0 Å². The van der Waals surface area contributed by atoms with E-state index in [9.17, 15) is 8.42 Å². The molecule has 8 heteroatoms. The van der Waals surface area contributed by atoms with Crippen molar-refractivity contribution in [2.75, 3.05) is 39.4 Å². The third-order valence-corrected chi connectivity index (χ3v) is 2.44. The minimum Gasteiger partial charge on any atom is -0.493 e. The van der Waals surface area contributed by atoms with Crippen molar-refractivity contribution in [1.82, 2.24) is 0 Å². The van der Waals surface area contributed by atoms with Gasteiger partial charge in [-0.05, 0) is 31.4 Å². The van der Waals surface area contributed by atoms with Crippen LogP contribution < -0.4 is 15.2 Å². The molecule has 3 N–H and O–H groups in total. The van der Waals surface area contributed by atoms with Gasteiger partial charge in [-0.15, -0.1) is 0 Å². The Bertz CT molecular complexity index is 510. The average molecular weight is 335 g/mol. The van der Waals surface area contributed by atoms with Crippen molar-refractivity contribution in [3.05, 3.63) is 18.2 Å². The van der Waals surface area contributed by atoms with E-state index in [4.69, 9.17) is 24.5 Å². The van der Waals surface area contributed by atoms with Gasteiger partial charge in [0.2, 0.25) is 0 Å².